The molecular weight excluding hydrogens is 262 g/mol. The Hall–Kier alpha value is -2.95. The number of nitriles is 1. The van der Waals surface area contributed by atoms with E-state index in [0.29, 0.717) is 0 Å². The molecule has 0 N–H and O–H groups in total. The molecule has 0 bridgehead atoms. The molecule has 1 aromatic carbocycles. The van der Waals surface area contributed by atoms with Crippen molar-refractivity contribution in [2.75, 3.05) is 0 Å². The monoisotopic (exact) mass is 273 g/mol. The quantitative estimate of drug-likeness (QED) is 0.621. The summed E-state index contributed by atoms with van der Waals surface area (Å²) in [4.78, 5) is 14.5. The Kier molecular flexibility index (Phi) is 3.61. The molecule has 0 atom stereocenters. The second-order valence-electron chi connectivity index (χ2n) is 4.17. The Morgan fingerprint density at radius 2 is 2.25 bits per heavy atom. The van der Waals surface area contributed by atoms with Gasteiger partial charge in [0.05, 0.1) is 11.0 Å². The number of aromatic nitrogens is 3. The van der Waals surface area contributed by atoms with E-state index in [2.05, 4.69) is 10.1 Å². The summed E-state index contributed by atoms with van der Waals surface area (Å²) in [6.45, 7) is 3.55. The van der Waals surface area contributed by atoms with Crippen LogP contribution in [-0.4, -0.2) is 25.8 Å². The number of rotatable bonds is 4. The minimum atomic E-state index is -0.541. The zero-order valence-corrected chi connectivity index (χ0v) is 10.8. The molecule has 0 saturated carbocycles. The summed E-state index contributed by atoms with van der Waals surface area (Å²) in [5, 5.41) is 23.8. The fourth-order valence-corrected chi connectivity index (χ4v) is 1.66. The largest absolute Gasteiger partial charge is 0.484 e. The molecule has 0 aliphatic rings. The molecule has 8 heteroatoms. The fraction of sp³-hybridized carbons (Fsp3) is 0.250. The molecule has 0 unspecified atom stereocenters. The summed E-state index contributed by atoms with van der Waals surface area (Å²) in [5.41, 5.74) is -0.0160. The van der Waals surface area contributed by atoms with Crippen molar-refractivity contribution in [2.45, 2.75) is 20.0 Å². The summed E-state index contributed by atoms with van der Waals surface area (Å²) >= 11 is 0. The van der Waals surface area contributed by atoms with E-state index >= 15 is 0 Å². The van der Waals surface area contributed by atoms with Gasteiger partial charge in [0.15, 0.2) is 5.75 Å². The van der Waals surface area contributed by atoms with E-state index in [-0.39, 0.29) is 29.1 Å². The van der Waals surface area contributed by atoms with Crippen LogP contribution in [0.1, 0.15) is 19.7 Å². The third-order valence-corrected chi connectivity index (χ3v) is 2.36. The molecule has 0 aliphatic carbocycles. The number of hydrogen-bond acceptors (Lipinski definition) is 6. The van der Waals surface area contributed by atoms with Gasteiger partial charge in [-0.2, -0.15) is 5.26 Å². The maximum Gasteiger partial charge on any atom is 0.336 e. The van der Waals surface area contributed by atoms with E-state index < -0.39 is 4.92 Å². The van der Waals surface area contributed by atoms with Crippen molar-refractivity contribution >= 4 is 5.69 Å². The molecule has 0 saturated heterocycles. The van der Waals surface area contributed by atoms with E-state index in [1.807, 2.05) is 0 Å². The molecule has 8 nitrogen and oxygen atoms in total. The second kappa shape index (κ2) is 5.36. The molecule has 2 rings (SSSR count). The van der Waals surface area contributed by atoms with Crippen LogP contribution in [0.5, 0.6) is 5.75 Å². The van der Waals surface area contributed by atoms with Gasteiger partial charge >= 0.3 is 5.69 Å². The first kappa shape index (κ1) is 13.5. The number of para-hydroxylation sites is 1. The molecule has 102 valence electrons. The first-order chi connectivity index (χ1) is 9.52. The van der Waals surface area contributed by atoms with Crippen LogP contribution < -0.4 is 4.74 Å². The molecule has 1 aromatic heterocycles. The number of benzene rings is 1. The molecule has 0 aliphatic heterocycles. The summed E-state index contributed by atoms with van der Waals surface area (Å²) in [5.74, 6) is 0.0889. The molecule has 1 heterocycles. The van der Waals surface area contributed by atoms with Crippen molar-refractivity contribution in [3.8, 4) is 17.5 Å². The van der Waals surface area contributed by atoms with E-state index in [0.717, 1.165) is 0 Å². The molecule has 20 heavy (non-hydrogen) atoms. The van der Waals surface area contributed by atoms with Gasteiger partial charge < -0.3 is 4.74 Å². The van der Waals surface area contributed by atoms with Gasteiger partial charge in [0.1, 0.15) is 18.1 Å². The molecule has 0 fully saturated rings. The smallest absolute Gasteiger partial charge is 0.336 e. The Morgan fingerprint density at radius 3 is 2.80 bits per heavy atom. The summed E-state index contributed by atoms with van der Waals surface area (Å²) in [6, 6.07) is 6.42. The Morgan fingerprint density at radius 1 is 1.50 bits per heavy atom. The predicted octanol–water partition coefficient (Wildman–Crippen LogP) is 1.83. The van der Waals surface area contributed by atoms with Crippen LogP contribution >= 0.6 is 0 Å². The van der Waals surface area contributed by atoms with E-state index in [9.17, 15) is 10.1 Å². The van der Waals surface area contributed by atoms with Crippen molar-refractivity contribution in [1.29, 1.82) is 5.26 Å². The maximum atomic E-state index is 11.3. The van der Waals surface area contributed by atoms with Crippen LogP contribution in [0.25, 0.3) is 5.69 Å². The number of nitrogens with zero attached hydrogens (tertiary/aromatic N) is 5. The highest BCUT2D eigenvalue weighted by Crippen LogP contribution is 2.33. The lowest BCUT2D eigenvalue weighted by Crippen LogP contribution is -2.09. The van der Waals surface area contributed by atoms with E-state index in [1.165, 1.54) is 23.1 Å². The normalized spacial score (nSPS) is 10.3. The number of hydrogen-bond donors (Lipinski definition) is 0. The second-order valence-corrected chi connectivity index (χ2v) is 4.17. The number of nitro benzene ring substituents is 1. The lowest BCUT2D eigenvalue weighted by molar-refractivity contribution is -0.385. The first-order valence-electron chi connectivity index (χ1n) is 5.79. The Labute approximate surface area is 114 Å². The average molecular weight is 273 g/mol. The van der Waals surface area contributed by atoms with Gasteiger partial charge in [-0.3, -0.25) is 10.1 Å². The predicted molar refractivity (Wildman–Crippen MR) is 68.5 cm³/mol. The number of nitro groups is 1. The molecule has 2 aromatic rings. The SMILES string of the molecule is CC(C)Oc1cccc(-n2cnc(C#N)n2)c1[N+](=O)[O-]. The summed E-state index contributed by atoms with van der Waals surface area (Å²) in [7, 11) is 0. The van der Waals surface area contributed by atoms with Gasteiger partial charge in [0, 0.05) is 0 Å². The highest BCUT2D eigenvalue weighted by molar-refractivity contribution is 5.61. The van der Waals surface area contributed by atoms with Crippen molar-refractivity contribution in [3.63, 3.8) is 0 Å². The van der Waals surface area contributed by atoms with Gasteiger partial charge in [-0.1, -0.05) is 6.07 Å². The van der Waals surface area contributed by atoms with Crippen LogP contribution in [0.3, 0.4) is 0 Å². The van der Waals surface area contributed by atoms with Crippen molar-refractivity contribution < 1.29 is 9.66 Å². The molecule has 0 amide bonds. The zero-order valence-electron chi connectivity index (χ0n) is 10.8. The van der Waals surface area contributed by atoms with E-state index in [1.54, 1.807) is 26.0 Å². The van der Waals surface area contributed by atoms with Crippen LogP contribution in [0.2, 0.25) is 0 Å². The average Bonchev–Trinajstić information content (AvgIpc) is 2.86. The van der Waals surface area contributed by atoms with Gasteiger partial charge in [-0.25, -0.2) is 9.67 Å². The lowest BCUT2D eigenvalue weighted by atomic mass is 10.2. The first-order valence-corrected chi connectivity index (χ1v) is 5.79. The minimum absolute atomic E-state index is 0.0607. The van der Waals surface area contributed by atoms with Gasteiger partial charge in [0.25, 0.3) is 5.82 Å². The van der Waals surface area contributed by atoms with Crippen molar-refractivity contribution in [3.05, 3.63) is 40.5 Å². The Balaban J connectivity index is 2.58. The van der Waals surface area contributed by atoms with Gasteiger partial charge in [-0.15, -0.1) is 5.10 Å². The molecule has 0 spiro atoms. The third-order valence-electron chi connectivity index (χ3n) is 2.36. The van der Waals surface area contributed by atoms with Crippen molar-refractivity contribution in [1.82, 2.24) is 14.8 Å². The fourth-order valence-electron chi connectivity index (χ4n) is 1.66. The molecular formula is C12H11N5O3. The maximum absolute atomic E-state index is 11.3. The summed E-state index contributed by atoms with van der Waals surface area (Å²) in [6.07, 6.45) is 1.05. The van der Waals surface area contributed by atoms with Crippen LogP contribution in [0.4, 0.5) is 5.69 Å². The Bertz CT molecular complexity index is 687. The standard InChI is InChI=1S/C12H11N5O3/c1-8(2)20-10-5-3-4-9(12(10)17(18)19)16-7-14-11(6-13)15-16/h3-5,7-8H,1-2H3. The topological polar surface area (TPSA) is 107 Å². The highest BCUT2D eigenvalue weighted by Gasteiger charge is 2.23. The highest BCUT2D eigenvalue weighted by atomic mass is 16.6. The van der Waals surface area contributed by atoms with Crippen LogP contribution in [0, 0.1) is 21.4 Å². The van der Waals surface area contributed by atoms with Crippen molar-refractivity contribution in [2.24, 2.45) is 0 Å². The molecule has 0 radical (unpaired) electrons. The third kappa shape index (κ3) is 2.56. The van der Waals surface area contributed by atoms with Crippen LogP contribution in [-0.2, 0) is 0 Å². The zero-order chi connectivity index (χ0) is 14.7. The van der Waals surface area contributed by atoms with Crippen LogP contribution in [0.15, 0.2) is 24.5 Å². The van der Waals surface area contributed by atoms with Gasteiger partial charge in [-0.05, 0) is 26.0 Å². The van der Waals surface area contributed by atoms with E-state index in [4.69, 9.17) is 10.00 Å². The number of ether oxygens (including phenoxy) is 1. The summed E-state index contributed by atoms with van der Waals surface area (Å²) < 4.78 is 6.62. The minimum Gasteiger partial charge on any atom is -0.484 e. The van der Waals surface area contributed by atoms with Gasteiger partial charge in [0.2, 0.25) is 0 Å². The lowest BCUT2D eigenvalue weighted by Gasteiger charge is -2.11.